The van der Waals surface area contributed by atoms with Crippen molar-refractivity contribution in [3.63, 3.8) is 0 Å². The zero-order valence-corrected chi connectivity index (χ0v) is 54.0. The van der Waals surface area contributed by atoms with E-state index >= 15 is 0 Å². The molecule has 474 valence electrons. The van der Waals surface area contributed by atoms with Crippen molar-refractivity contribution in [2.45, 2.75) is 283 Å². The average molecular weight is 1160 g/mol. The summed E-state index contributed by atoms with van der Waals surface area (Å²) >= 11 is 0. The quantitative estimate of drug-likeness (QED) is 0.0195. The fourth-order valence-electron chi connectivity index (χ4n) is 9.10. The molecule has 0 saturated carbocycles. The van der Waals surface area contributed by atoms with E-state index in [1.54, 1.807) is 0 Å². The van der Waals surface area contributed by atoms with Gasteiger partial charge in [-0.25, -0.2) is 0 Å². The Kier molecular flexibility index (Phi) is 60.4. The van der Waals surface area contributed by atoms with Gasteiger partial charge in [0, 0.05) is 12.8 Å². The molecule has 0 heterocycles. The highest BCUT2D eigenvalue weighted by atomic mass is 16.7. The van der Waals surface area contributed by atoms with Crippen molar-refractivity contribution in [1.82, 2.24) is 0 Å². The largest absolute Gasteiger partial charge is 0.545 e. The summed E-state index contributed by atoms with van der Waals surface area (Å²) in [7, 11) is 5.91. The summed E-state index contributed by atoms with van der Waals surface area (Å²) < 4.78 is 22.7. The van der Waals surface area contributed by atoms with Crippen LogP contribution in [0.4, 0.5) is 0 Å². The smallest absolute Gasteiger partial charge is 0.306 e. The standard InChI is InChI=1S/C74H125NO8/c1-6-8-10-12-14-16-18-20-22-24-26-28-30-32-33-34-35-36-37-38-39-41-43-45-47-49-51-53-55-57-59-61-63-65-72(77)83-70(69-82-74(73(78)79)80-67-66-75(3,4)5)68-81-71(76)64-62-60-58-56-54-52-50-48-46-44-42-40-31-29-27-25-23-21-19-17-15-13-11-9-7-2/h8,10,14,16,20,22,26,28,32-33,35-36,38-39,43,45,49,51,55,57,70,74H,6-7,9,11-13,15,17-19,21,23-25,27,29-31,34,37,40-42,44,46-48,50,52-54,56,58-69H2,1-5H3/b10-8-,16-14-,22-20-,28-26-,33-32-,36-35-,39-38-,45-43-,51-49-,57-55-. The first-order valence-electron chi connectivity index (χ1n) is 33.7. The lowest BCUT2D eigenvalue weighted by Gasteiger charge is -2.26. The number of carbonyl (C=O) groups is 3. The minimum atomic E-state index is -1.64. The second kappa shape index (κ2) is 63.7. The highest BCUT2D eigenvalue weighted by molar-refractivity contribution is 5.70. The first-order valence-corrected chi connectivity index (χ1v) is 33.7. The van der Waals surface area contributed by atoms with E-state index < -0.39 is 24.3 Å². The third kappa shape index (κ3) is 65.1. The van der Waals surface area contributed by atoms with Crippen molar-refractivity contribution in [1.29, 1.82) is 0 Å². The number of hydrogen-bond acceptors (Lipinski definition) is 8. The van der Waals surface area contributed by atoms with E-state index in [0.717, 1.165) is 96.3 Å². The van der Waals surface area contributed by atoms with Crippen molar-refractivity contribution in [3.05, 3.63) is 122 Å². The molecule has 0 aromatic carbocycles. The highest BCUT2D eigenvalue weighted by Gasteiger charge is 2.22. The predicted octanol–water partition coefficient (Wildman–Crippen LogP) is 19.5. The van der Waals surface area contributed by atoms with E-state index in [1.165, 1.54) is 141 Å². The Labute approximate surface area is 510 Å². The van der Waals surface area contributed by atoms with Crippen molar-refractivity contribution in [2.24, 2.45) is 0 Å². The molecule has 2 unspecified atom stereocenters. The molecule has 0 aliphatic heterocycles. The molecule has 2 atom stereocenters. The van der Waals surface area contributed by atoms with Crippen molar-refractivity contribution >= 4 is 17.9 Å². The van der Waals surface area contributed by atoms with Crippen molar-refractivity contribution in [2.75, 3.05) is 47.5 Å². The number of nitrogens with zero attached hydrogens (tertiary/aromatic N) is 1. The molecule has 0 aliphatic carbocycles. The molecule has 0 fully saturated rings. The first-order chi connectivity index (χ1) is 40.6. The molecule has 9 nitrogen and oxygen atoms in total. The van der Waals surface area contributed by atoms with E-state index in [9.17, 15) is 19.5 Å². The lowest BCUT2D eigenvalue weighted by Crippen LogP contribution is -2.44. The Bertz CT molecular complexity index is 1780. The summed E-state index contributed by atoms with van der Waals surface area (Å²) in [5, 5.41) is 11.8. The van der Waals surface area contributed by atoms with Gasteiger partial charge in [0.25, 0.3) is 0 Å². The molecule has 83 heavy (non-hydrogen) atoms. The number of esters is 2. The number of aliphatic carboxylic acids is 1. The number of allylic oxidation sites excluding steroid dienone is 20. The van der Waals surface area contributed by atoms with Gasteiger partial charge in [0.2, 0.25) is 0 Å². The van der Waals surface area contributed by atoms with Crippen molar-refractivity contribution in [3.8, 4) is 0 Å². The number of hydrogen-bond donors (Lipinski definition) is 0. The van der Waals surface area contributed by atoms with Crippen LogP contribution >= 0.6 is 0 Å². The summed E-state index contributed by atoms with van der Waals surface area (Å²) in [6.45, 7) is 4.60. The monoisotopic (exact) mass is 1160 g/mol. The molecule has 9 heteroatoms. The Balaban J connectivity index is 4.27. The number of unbranched alkanes of at least 4 members (excludes halogenated alkanes) is 26. The van der Waals surface area contributed by atoms with Gasteiger partial charge in [0.05, 0.1) is 40.3 Å². The maximum Gasteiger partial charge on any atom is 0.306 e. The summed E-state index contributed by atoms with van der Waals surface area (Å²) in [6, 6.07) is 0. The third-order valence-corrected chi connectivity index (χ3v) is 14.2. The second-order valence-electron chi connectivity index (χ2n) is 23.4. The van der Waals surface area contributed by atoms with Gasteiger partial charge in [0.1, 0.15) is 13.2 Å². The predicted molar refractivity (Wildman–Crippen MR) is 352 cm³/mol. The van der Waals surface area contributed by atoms with Crippen LogP contribution in [0.15, 0.2) is 122 Å². The summed E-state index contributed by atoms with van der Waals surface area (Å²) in [4.78, 5) is 37.4. The maximum atomic E-state index is 12.9. The van der Waals surface area contributed by atoms with Gasteiger partial charge >= 0.3 is 11.9 Å². The molecule has 0 amide bonds. The van der Waals surface area contributed by atoms with Crippen LogP contribution in [0.2, 0.25) is 0 Å². The zero-order chi connectivity index (χ0) is 60.5. The van der Waals surface area contributed by atoms with Gasteiger partial charge in [0.15, 0.2) is 12.4 Å². The lowest BCUT2D eigenvalue weighted by atomic mass is 10.0. The van der Waals surface area contributed by atoms with Crippen LogP contribution in [0.3, 0.4) is 0 Å². The zero-order valence-electron chi connectivity index (χ0n) is 54.0. The molecular formula is C74H125NO8. The maximum absolute atomic E-state index is 12.9. The van der Waals surface area contributed by atoms with Crippen molar-refractivity contribution < 1.29 is 42.9 Å². The summed E-state index contributed by atoms with van der Waals surface area (Å²) in [5.41, 5.74) is 0. The third-order valence-electron chi connectivity index (χ3n) is 14.2. The highest BCUT2D eigenvalue weighted by Crippen LogP contribution is 2.17. The molecule has 0 spiro atoms. The van der Waals surface area contributed by atoms with Crippen LogP contribution < -0.4 is 5.11 Å². The molecule has 0 aliphatic rings. The van der Waals surface area contributed by atoms with Gasteiger partial charge < -0.3 is 33.3 Å². The number of rotatable bonds is 61. The SMILES string of the molecule is CC/C=C\C/C=C\C/C=C\C/C=C\C/C=C\C/C=C\C/C=C\C/C=C\C/C=C\C/C=C\CCCCC(=O)OC(COC(=O)CCCCCCCCCCCCCCCCCCCCCCCCCCC)COC(OCC[N+](C)(C)C)C(=O)[O-]. The number of ether oxygens (including phenoxy) is 4. The van der Waals surface area contributed by atoms with Crippen LogP contribution in [0.25, 0.3) is 0 Å². The molecule has 0 bridgehead atoms. The molecule has 0 aromatic heterocycles. The second-order valence-corrected chi connectivity index (χ2v) is 23.4. The van der Waals surface area contributed by atoms with Crippen LogP contribution in [-0.2, 0) is 33.3 Å². The van der Waals surface area contributed by atoms with Crippen LogP contribution in [-0.4, -0.2) is 82.3 Å². The van der Waals surface area contributed by atoms with Gasteiger partial charge in [-0.2, -0.15) is 0 Å². The number of carboxylic acids is 1. The normalized spacial score (nSPS) is 13.5. The Morgan fingerprint density at radius 1 is 0.373 bits per heavy atom. The molecule has 0 saturated heterocycles. The molecule has 0 N–H and O–H groups in total. The number of quaternary nitrogens is 1. The van der Waals surface area contributed by atoms with E-state index in [0.29, 0.717) is 17.4 Å². The number of carbonyl (C=O) groups excluding carboxylic acids is 3. The molecule has 0 aromatic rings. The number of carboxylic acid groups (broad SMARTS) is 1. The van der Waals surface area contributed by atoms with E-state index in [2.05, 4.69) is 135 Å². The topological polar surface area (TPSA) is 111 Å². The first kappa shape index (κ1) is 78.7. The fraction of sp³-hybridized carbons (Fsp3) is 0.689. The minimum absolute atomic E-state index is 0.134. The Hall–Kier alpha value is -4.31. The summed E-state index contributed by atoms with van der Waals surface area (Å²) in [6.07, 6.45) is 87.1. The number of likely N-dealkylation sites (N-methyl/N-ethyl adjacent to an activating group) is 1. The van der Waals surface area contributed by atoms with Crippen LogP contribution in [0, 0.1) is 0 Å². The average Bonchev–Trinajstić information content (AvgIpc) is 3.46. The van der Waals surface area contributed by atoms with Gasteiger partial charge in [-0.15, -0.1) is 0 Å². The van der Waals surface area contributed by atoms with Gasteiger partial charge in [-0.1, -0.05) is 289 Å². The van der Waals surface area contributed by atoms with Gasteiger partial charge in [-0.05, 0) is 89.9 Å². The Morgan fingerprint density at radius 2 is 0.687 bits per heavy atom. The van der Waals surface area contributed by atoms with Gasteiger partial charge in [-0.3, -0.25) is 9.59 Å². The summed E-state index contributed by atoms with van der Waals surface area (Å²) in [5.74, 6) is -2.34. The van der Waals surface area contributed by atoms with Crippen LogP contribution in [0.1, 0.15) is 271 Å². The van der Waals surface area contributed by atoms with Crippen LogP contribution in [0.5, 0.6) is 0 Å². The Morgan fingerprint density at radius 3 is 1.02 bits per heavy atom. The minimum Gasteiger partial charge on any atom is -0.545 e. The fourth-order valence-corrected chi connectivity index (χ4v) is 9.10. The molecular weight excluding hydrogens is 1030 g/mol. The lowest BCUT2D eigenvalue weighted by molar-refractivity contribution is -0.870. The molecule has 0 radical (unpaired) electrons. The molecule has 0 rings (SSSR count). The van der Waals surface area contributed by atoms with E-state index in [1.807, 2.05) is 21.1 Å². The van der Waals surface area contributed by atoms with E-state index in [-0.39, 0.29) is 38.6 Å². The van der Waals surface area contributed by atoms with E-state index in [4.69, 9.17) is 18.9 Å².